The van der Waals surface area contributed by atoms with Gasteiger partial charge in [0.15, 0.2) is 16.6 Å². The number of hydrogen-bond donors (Lipinski definition) is 2. The highest BCUT2D eigenvalue weighted by Crippen LogP contribution is 2.26. The first-order valence-electron chi connectivity index (χ1n) is 9.01. The molecule has 4 rings (SSSR count). The molecule has 0 amide bonds. The molecule has 0 saturated heterocycles. The van der Waals surface area contributed by atoms with Crippen LogP contribution in [0.4, 0.5) is 0 Å². The van der Waals surface area contributed by atoms with Crippen molar-refractivity contribution in [2.24, 2.45) is 0 Å². The molecule has 0 unspecified atom stereocenters. The molecule has 8 heteroatoms. The first-order chi connectivity index (χ1) is 13.4. The van der Waals surface area contributed by atoms with E-state index in [9.17, 15) is 4.79 Å². The highest BCUT2D eigenvalue weighted by atomic mass is 32.2. The van der Waals surface area contributed by atoms with Crippen LogP contribution in [-0.2, 0) is 11.8 Å². The summed E-state index contributed by atoms with van der Waals surface area (Å²) in [6.07, 6.45) is 5.72. The lowest BCUT2D eigenvalue weighted by Crippen LogP contribution is -2.10. The molecule has 0 fully saturated rings. The zero-order valence-electron chi connectivity index (χ0n) is 16.3. The second kappa shape index (κ2) is 6.94. The monoisotopic (exact) mass is 394 g/mol. The largest absolute Gasteiger partial charge is 0.351 e. The Morgan fingerprint density at radius 1 is 1.14 bits per heavy atom. The zero-order valence-corrected chi connectivity index (χ0v) is 17.1. The topological polar surface area (TPSA) is 91.7 Å². The Kier molecular flexibility index (Phi) is 4.58. The van der Waals surface area contributed by atoms with Crippen LogP contribution >= 0.6 is 11.8 Å². The van der Waals surface area contributed by atoms with Crippen LogP contribution in [-0.4, -0.2) is 35.8 Å². The molecular formula is C20H22N6OS. The standard InChI is InChI=1S/C20H22N6OS/c1-20(2,3)13-7-5-12(6-8-13)16-23-17-15(9-14-10-21-11-22-14)18(27)25-26(17)19(24-16)28-4/h5-8,10-11H,9H2,1-4H3,(H,21,22)(H,25,27). The number of H-pyrrole nitrogens is 2. The van der Waals surface area contributed by atoms with Gasteiger partial charge >= 0.3 is 0 Å². The third kappa shape index (κ3) is 3.35. The van der Waals surface area contributed by atoms with Crippen molar-refractivity contribution in [2.45, 2.75) is 37.8 Å². The smallest absolute Gasteiger partial charge is 0.270 e. The summed E-state index contributed by atoms with van der Waals surface area (Å²) in [4.78, 5) is 29.1. The molecule has 0 aliphatic carbocycles. The number of nitrogens with zero attached hydrogens (tertiary/aromatic N) is 4. The van der Waals surface area contributed by atoms with E-state index in [4.69, 9.17) is 4.98 Å². The van der Waals surface area contributed by atoms with Gasteiger partial charge in [0.1, 0.15) is 0 Å². The van der Waals surface area contributed by atoms with Gasteiger partial charge in [-0.25, -0.2) is 19.5 Å². The van der Waals surface area contributed by atoms with Gasteiger partial charge < -0.3 is 4.98 Å². The molecule has 3 aromatic heterocycles. The molecule has 0 radical (unpaired) electrons. The van der Waals surface area contributed by atoms with Gasteiger partial charge in [-0.1, -0.05) is 56.8 Å². The first-order valence-corrected chi connectivity index (χ1v) is 10.2. The number of aromatic nitrogens is 6. The molecule has 2 N–H and O–H groups in total. The second-order valence-corrected chi connectivity index (χ2v) is 8.45. The lowest BCUT2D eigenvalue weighted by molar-refractivity contribution is 0.590. The van der Waals surface area contributed by atoms with Gasteiger partial charge in [0, 0.05) is 18.2 Å². The maximum Gasteiger partial charge on any atom is 0.270 e. The number of aromatic amines is 2. The molecule has 0 atom stereocenters. The fourth-order valence-corrected chi connectivity index (χ4v) is 3.59. The number of thioether (sulfide) groups is 1. The van der Waals surface area contributed by atoms with Gasteiger partial charge in [-0.2, -0.15) is 0 Å². The minimum Gasteiger partial charge on any atom is -0.351 e. The van der Waals surface area contributed by atoms with Crippen LogP contribution in [0.1, 0.15) is 37.6 Å². The predicted molar refractivity (Wildman–Crippen MR) is 111 cm³/mol. The van der Waals surface area contributed by atoms with Crippen molar-refractivity contribution < 1.29 is 0 Å². The highest BCUT2D eigenvalue weighted by molar-refractivity contribution is 7.98. The summed E-state index contributed by atoms with van der Waals surface area (Å²) < 4.78 is 1.65. The van der Waals surface area contributed by atoms with Gasteiger partial charge in [0.25, 0.3) is 5.56 Å². The zero-order chi connectivity index (χ0) is 19.9. The van der Waals surface area contributed by atoms with Crippen molar-refractivity contribution in [2.75, 3.05) is 6.26 Å². The van der Waals surface area contributed by atoms with E-state index in [-0.39, 0.29) is 11.0 Å². The van der Waals surface area contributed by atoms with Crippen LogP contribution in [0.25, 0.3) is 17.0 Å². The summed E-state index contributed by atoms with van der Waals surface area (Å²) in [5.41, 5.74) is 4.04. The molecule has 1 aromatic carbocycles. The number of hydrogen-bond acceptors (Lipinski definition) is 5. The Labute approximate surface area is 166 Å². The van der Waals surface area contributed by atoms with Crippen molar-refractivity contribution in [3.8, 4) is 11.4 Å². The van der Waals surface area contributed by atoms with Gasteiger partial charge in [-0.15, -0.1) is 0 Å². The van der Waals surface area contributed by atoms with Crippen molar-refractivity contribution in [3.05, 3.63) is 64.0 Å². The minimum absolute atomic E-state index is 0.0818. The SMILES string of the molecule is CSc1nc(-c2ccc(C(C)(C)C)cc2)nc2c(Cc3c[nH]cn3)c(=O)[nH]n12. The van der Waals surface area contributed by atoms with E-state index >= 15 is 0 Å². The quantitative estimate of drug-likeness (QED) is 0.518. The lowest BCUT2D eigenvalue weighted by Gasteiger charge is -2.19. The van der Waals surface area contributed by atoms with Crippen molar-refractivity contribution >= 4 is 17.4 Å². The second-order valence-electron chi connectivity index (χ2n) is 7.68. The summed E-state index contributed by atoms with van der Waals surface area (Å²) >= 11 is 1.46. The molecule has 3 heterocycles. The summed E-state index contributed by atoms with van der Waals surface area (Å²) in [6.45, 7) is 6.55. The van der Waals surface area contributed by atoms with Gasteiger partial charge in [0.2, 0.25) is 0 Å². The van der Waals surface area contributed by atoms with Crippen LogP contribution in [0.2, 0.25) is 0 Å². The summed E-state index contributed by atoms with van der Waals surface area (Å²) in [5.74, 6) is 0.604. The van der Waals surface area contributed by atoms with Crippen LogP contribution < -0.4 is 5.56 Å². The van der Waals surface area contributed by atoms with E-state index in [1.807, 2.05) is 18.4 Å². The molecule has 0 aliphatic rings. The Balaban J connectivity index is 1.84. The third-order valence-electron chi connectivity index (χ3n) is 4.68. The lowest BCUT2D eigenvalue weighted by atomic mass is 9.87. The Hall–Kier alpha value is -2.87. The fourth-order valence-electron chi connectivity index (χ4n) is 3.09. The number of fused-ring (bicyclic) bond motifs is 1. The number of rotatable bonds is 4. The van der Waals surface area contributed by atoms with Crippen LogP contribution in [0, 0.1) is 0 Å². The average molecular weight is 395 g/mol. The van der Waals surface area contributed by atoms with E-state index in [1.165, 1.54) is 17.3 Å². The summed E-state index contributed by atoms with van der Waals surface area (Å²) in [5, 5.41) is 3.53. The molecule has 7 nitrogen and oxygen atoms in total. The molecule has 0 aliphatic heterocycles. The molecule has 0 saturated carbocycles. The van der Waals surface area contributed by atoms with E-state index in [0.717, 1.165) is 11.3 Å². The molecule has 0 bridgehead atoms. The van der Waals surface area contributed by atoms with E-state index in [2.05, 4.69) is 53.0 Å². The summed E-state index contributed by atoms with van der Waals surface area (Å²) in [6, 6.07) is 8.29. The van der Waals surface area contributed by atoms with Gasteiger partial charge in [-0.05, 0) is 17.2 Å². The predicted octanol–water partition coefficient (Wildman–Crippen LogP) is 3.42. The molecule has 28 heavy (non-hydrogen) atoms. The Morgan fingerprint density at radius 2 is 1.89 bits per heavy atom. The van der Waals surface area contributed by atoms with Gasteiger partial charge in [0.05, 0.1) is 17.6 Å². The molecule has 144 valence electrons. The maximum atomic E-state index is 12.5. The minimum atomic E-state index is -0.173. The maximum absolute atomic E-state index is 12.5. The number of nitrogens with one attached hydrogen (secondary N) is 2. The molecule has 0 spiro atoms. The average Bonchev–Trinajstić information content (AvgIpc) is 3.29. The van der Waals surface area contributed by atoms with E-state index in [0.29, 0.717) is 28.6 Å². The van der Waals surface area contributed by atoms with E-state index < -0.39 is 0 Å². The molecule has 4 aromatic rings. The first kappa shape index (κ1) is 18.5. The van der Waals surface area contributed by atoms with Crippen LogP contribution in [0.5, 0.6) is 0 Å². The number of benzene rings is 1. The Bertz CT molecular complexity index is 1170. The van der Waals surface area contributed by atoms with Crippen molar-refractivity contribution in [1.82, 2.24) is 29.5 Å². The van der Waals surface area contributed by atoms with Crippen molar-refractivity contribution in [1.29, 1.82) is 0 Å². The Morgan fingerprint density at radius 3 is 2.50 bits per heavy atom. The molecular weight excluding hydrogens is 372 g/mol. The number of imidazole rings is 1. The fraction of sp³-hybridized carbons (Fsp3) is 0.300. The summed E-state index contributed by atoms with van der Waals surface area (Å²) in [7, 11) is 0. The normalized spacial score (nSPS) is 12.0. The van der Waals surface area contributed by atoms with Crippen molar-refractivity contribution in [3.63, 3.8) is 0 Å². The van der Waals surface area contributed by atoms with Crippen LogP contribution in [0.15, 0.2) is 46.7 Å². The van der Waals surface area contributed by atoms with Gasteiger partial charge in [-0.3, -0.25) is 9.89 Å². The third-order valence-corrected chi connectivity index (χ3v) is 5.32. The van der Waals surface area contributed by atoms with Crippen LogP contribution in [0.3, 0.4) is 0 Å². The van der Waals surface area contributed by atoms with E-state index in [1.54, 1.807) is 17.0 Å². The highest BCUT2D eigenvalue weighted by Gasteiger charge is 2.18.